The Balaban J connectivity index is 1.08. The van der Waals surface area contributed by atoms with Crippen molar-refractivity contribution in [2.75, 3.05) is 26.9 Å². The van der Waals surface area contributed by atoms with E-state index >= 15 is 0 Å². The second-order valence-corrected chi connectivity index (χ2v) is 12.0. The van der Waals surface area contributed by atoms with Gasteiger partial charge in [0.15, 0.2) is 0 Å². The molecule has 4 aromatic rings. The predicted molar refractivity (Wildman–Crippen MR) is 196 cm³/mol. The monoisotopic (exact) mass is 710 g/mol. The van der Waals surface area contributed by atoms with Gasteiger partial charge in [-0.3, -0.25) is 0 Å². The topological polar surface area (TPSA) is 124 Å². The fourth-order valence-electron chi connectivity index (χ4n) is 5.10. The quantitative estimate of drug-likeness (QED) is 0.0470. The molecule has 0 aliphatic carbocycles. The number of ether oxygens (including phenoxy) is 6. The summed E-state index contributed by atoms with van der Waals surface area (Å²) >= 11 is 0. The van der Waals surface area contributed by atoms with E-state index in [1.807, 2.05) is 0 Å². The van der Waals surface area contributed by atoms with E-state index in [-0.39, 0.29) is 17.7 Å². The Labute approximate surface area is 304 Å². The minimum atomic E-state index is -0.643. The van der Waals surface area contributed by atoms with E-state index in [4.69, 9.17) is 28.4 Å². The lowest BCUT2D eigenvalue weighted by Gasteiger charge is -2.10. The van der Waals surface area contributed by atoms with Crippen molar-refractivity contribution in [3.8, 4) is 23.0 Å². The smallest absolute Gasteiger partial charge is 0.344 e. The molecule has 52 heavy (non-hydrogen) atoms. The first kappa shape index (κ1) is 39.2. The predicted octanol–water partition coefficient (Wildman–Crippen LogP) is 9.06. The molecule has 0 saturated heterocycles. The molecule has 0 aliphatic heterocycles. The number of methoxy groups -OCH3 is 1. The van der Waals surface area contributed by atoms with Crippen molar-refractivity contribution < 1.29 is 47.6 Å². The van der Waals surface area contributed by atoms with E-state index in [2.05, 4.69) is 6.92 Å². The van der Waals surface area contributed by atoms with Crippen molar-refractivity contribution in [3.05, 3.63) is 119 Å². The highest BCUT2D eigenvalue weighted by molar-refractivity contribution is 6.03. The van der Waals surface area contributed by atoms with Gasteiger partial charge in [-0.15, -0.1) is 0 Å². The maximum Gasteiger partial charge on any atom is 0.344 e. The maximum absolute atomic E-state index is 12.9. The van der Waals surface area contributed by atoms with E-state index in [1.165, 1.54) is 24.3 Å². The number of unbranched alkanes of at least 4 members (excludes halogenated alkanes) is 7. The van der Waals surface area contributed by atoms with Crippen LogP contribution < -0.4 is 18.9 Å². The molecule has 0 amide bonds. The first-order valence-electron chi connectivity index (χ1n) is 17.7. The van der Waals surface area contributed by atoms with Crippen LogP contribution in [0.3, 0.4) is 0 Å². The van der Waals surface area contributed by atoms with E-state index in [9.17, 15) is 19.2 Å². The van der Waals surface area contributed by atoms with Gasteiger partial charge < -0.3 is 28.4 Å². The lowest BCUT2D eigenvalue weighted by molar-refractivity contribution is 0.0485. The molecule has 0 N–H and O–H groups in total. The zero-order valence-electron chi connectivity index (χ0n) is 29.8. The van der Waals surface area contributed by atoms with Crippen LogP contribution in [0.1, 0.15) is 106 Å². The zero-order valence-corrected chi connectivity index (χ0v) is 29.8. The van der Waals surface area contributed by atoms with E-state index in [0.29, 0.717) is 53.8 Å². The standard InChI is InChI=1S/C42H46O10/c1-3-4-5-6-12-30-50-41(45)37-14-9-10-15-38(37)42(46)52-36-26-22-34(23-27-36)48-28-11-7-8-13-29-49-39(43)31-16-18-32(19-17-31)40(44)51-35-24-20-33(47-2)21-25-35/h9-10,14-27H,3-8,11-13,28-30H2,1-2H3. The normalized spacial score (nSPS) is 10.6. The summed E-state index contributed by atoms with van der Waals surface area (Å²) in [6.07, 6.45) is 8.46. The third-order valence-corrected chi connectivity index (χ3v) is 8.05. The molecule has 0 bridgehead atoms. The number of carbonyl (C=O) groups is 4. The molecule has 0 saturated carbocycles. The highest BCUT2D eigenvalue weighted by atomic mass is 16.5. The van der Waals surface area contributed by atoms with Crippen LogP contribution in [0.15, 0.2) is 97.1 Å². The summed E-state index contributed by atoms with van der Waals surface area (Å²) in [5.41, 5.74) is 0.988. The van der Waals surface area contributed by atoms with Gasteiger partial charge in [0.2, 0.25) is 0 Å². The highest BCUT2D eigenvalue weighted by Gasteiger charge is 2.20. The first-order chi connectivity index (χ1) is 25.4. The van der Waals surface area contributed by atoms with Crippen LogP contribution in [0.2, 0.25) is 0 Å². The number of hydrogen-bond donors (Lipinski definition) is 0. The van der Waals surface area contributed by atoms with Crippen LogP contribution in [-0.4, -0.2) is 50.8 Å². The highest BCUT2D eigenvalue weighted by Crippen LogP contribution is 2.21. The number of esters is 4. The Morgan fingerprint density at radius 1 is 0.442 bits per heavy atom. The lowest BCUT2D eigenvalue weighted by Crippen LogP contribution is -2.16. The van der Waals surface area contributed by atoms with Gasteiger partial charge in [-0.05, 0) is 117 Å². The van der Waals surface area contributed by atoms with E-state index in [0.717, 1.165) is 51.4 Å². The Bertz CT molecular complexity index is 1710. The second kappa shape index (κ2) is 21.5. The molecule has 10 heteroatoms. The molecule has 0 heterocycles. The van der Waals surface area contributed by atoms with Crippen LogP contribution in [0, 0.1) is 0 Å². The molecule has 4 rings (SSSR count). The van der Waals surface area contributed by atoms with Crippen LogP contribution in [0.25, 0.3) is 0 Å². The molecule has 274 valence electrons. The molecule has 0 fully saturated rings. The van der Waals surface area contributed by atoms with Crippen LogP contribution in [0.5, 0.6) is 23.0 Å². The summed E-state index contributed by atoms with van der Waals surface area (Å²) < 4.78 is 32.6. The van der Waals surface area contributed by atoms with Gasteiger partial charge in [0.25, 0.3) is 0 Å². The first-order valence-corrected chi connectivity index (χ1v) is 17.7. The molecule has 0 aromatic heterocycles. The molecule has 0 spiro atoms. The minimum Gasteiger partial charge on any atom is -0.497 e. The lowest BCUT2D eigenvalue weighted by atomic mass is 10.1. The van der Waals surface area contributed by atoms with Crippen molar-refractivity contribution in [2.45, 2.75) is 64.7 Å². The maximum atomic E-state index is 12.9. The van der Waals surface area contributed by atoms with Crippen molar-refractivity contribution in [1.29, 1.82) is 0 Å². The second-order valence-electron chi connectivity index (χ2n) is 12.0. The van der Waals surface area contributed by atoms with Crippen molar-refractivity contribution in [2.24, 2.45) is 0 Å². The van der Waals surface area contributed by atoms with Crippen LogP contribution in [-0.2, 0) is 9.47 Å². The molecular weight excluding hydrogens is 664 g/mol. The molecule has 0 unspecified atom stereocenters. The van der Waals surface area contributed by atoms with Gasteiger partial charge in [-0.2, -0.15) is 0 Å². The summed E-state index contributed by atoms with van der Waals surface area (Å²) in [5.74, 6) is -0.164. The van der Waals surface area contributed by atoms with Gasteiger partial charge in [-0.1, -0.05) is 44.7 Å². The Morgan fingerprint density at radius 2 is 0.885 bits per heavy atom. The molecule has 10 nitrogen and oxygen atoms in total. The van der Waals surface area contributed by atoms with Crippen molar-refractivity contribution in [3.63, 3.8) is 0 Å². The van der Waals surface area contributed by atoms with E-state index in [1.54, 1.807) is 79.9 Å². The summed E-state index contributed by atoms with van der Waals surface area (Å²) in [7, 11) is 1.56. The summed E-state index contributed by atoms with van der Waals surface area (Å²) in [6, 6.07) is 26.0. The van der Waals surface area contributed by atoms with Crippen LogP contribution in [0.4, 0.5) is 0 Å². The number of hydrogen-bond acceptors (Lipinski definition) is 10. The fourth-order valence-corrected chi connectivity index (χ4v) is 5.10. The van der Waals surface area contributed by atoms with Gasteiger partial charge in [-0.25, -0.2) is 19.2 Å². The molecule has 0 radical (unpaired) electrons. The fraction of sp³-hybridized carbons (Fsp3) is 0.333. The third kappa shape index (κ3) is 12.9. The number of benzene rings is 4. The van der Waals surface area contributed by atoms with Gasteiger partial charge in [0.1, 0.15) is 23.0 Å². The number of carbonyl (C=O) groups excluding carboxylic acids is 4. The summed E-state index contributed by atoms with van der Waals surface area (Å²) in [5, 5.41) is 0. The van der Waals surface area contributed by atoms with Gasteiger partial charge in [0.05, 0.1) is 49.2 Å². The summed E-state index contributed by atoms with van der Waals surface area (Å²) in [6.45, 7) is 3.25. The molecule has 0 atom stereocenters. The molecular formula is C42H46O10. The van der Waals surface area contributed by atoms with Crippen molar-refractivity contribution >= 4 is 23.9 Å². The van der Waals surface area contributed by atoms with Gasteiger partial charge >= 0.3 is 23.9 Å². The molecule has 4 aromatic carbocycles. The minimum absolute atomic E-state index is 0.146. The van der Waals surface area contributed by atoms with Crippen molar-refractivity contribution in [1.82, 2.24) is 0 Å². The Kier molecular flexibility index (Phi) is 16.2. The number of rotatable bonds is 21. The Hall–Kier alpha value is -5.64. The third-order valence-electron chi connectivity index (χ3n) is 8.05. The van der Waals surface area contributed by atoms with Crippen LogP contribution >= 0.6 is 0 Å². The zero-order chi connectivity index (χ0) is 37.0. The molecule has 0 aliphatic rings. The summed E-state index contributed by atoms with van der Waals surface area (Å²) in [4.78, 5) is 50.4. The average molecular weight is 711 g/mol. The largest absolute Gasteiger partial charge is 0.497 e. The van der Waals surface area contributed by atoms with E-state index < -0.39 is 23.9 Å². The van der Waals surface area contributed by atoms with Gasteiger partial charge in [0, 0.05) is 0 Å². The SMILES string of the molecule is CCCCCCCOC(=O)c1ccccc1C(=O)Oc1ccc(OCCCCCCOC(=O)c2ccc(C(=O)Oc3ccc(OC)cc3)cc2)cc1. The average Bonchev–Trinajstić information content (AvgIpc) is 3.18. The Morgan fingerprint density at radius 3 is 1.44 bits per heavy atom.